The molecule has 1 unspecified atom stereocenters. The molecule has 0 saturated carbocycles. The number of nitrogen functional groups attached to an aromatic ring is 1. The number of anilines is 1. The summed E-state index contributed by atoms with van der Waals surface area (Å²) in [6, 6.07) is 4.81. The summed E-state index contributed by atoms with van der Waals surface area (Å²) in [7, 11) is 0.638. The van der Waals surface area contributed by atoms with Crippen LogP contribution in [-0.2, 0) is 21.3 Å². The number of primary amides is 1. The maximum absolute atomic E-state index is 11.8. The second-order valence-corrected chi connectivity index (χ2v) is 5.49. The first-order chi connectivity index (χ1) is 8.54. The topological polar surface area (TPSA) is 95.4 Å². The maximum atomic E-state index is 11.8. The van der Waals surface area contributed by atoms with Gasteiger partial charge in [0, 0.05) is 41.5 Å². The lowest BCUT2D eigenvalue weighted by atomic mass is 10.1. The van der Waals surface area contributed by atoms with Gasteiger partial charge in [0.1, 0.15) is 0 Å². The predicted octanol–water partition coefficient (Wildman–Crippen LogP) is 0.653. The Balaban J connectivity index is 2.62. The minimum absolute atomic E-state index is 0.362. The number of methoxy groups -OCH3 is 1. The number of ether oxygens (including phenoxy) is 1. The third kappa shape index (κ3) is 4.46. The van der Waals surface area contributed by atoms with E-state index in [1.165, 1.54) is 6.07 Å². The number of amides is 1. The van der Waals surface area contributed by atoms with Crippen LogP contribution in [-0.4, -0.2) is 29.6 Å². The summed E-state index contributed by atoms with van der Waals surface area (Å²) >= 11 is 0. The van der Waals surface area contributed by atoms with Gasteiger partial charge >= 0.3 is 0 Å². The quantitative estimate of drug-likeness (QED) is 0.562. The Morgan fingerprint density at radius 3 is 2.72 bits per heavy atom. The number of carbonyl (C=O) groups is 1. The van der Waals surface area contributed by atoms with Gasteiger partial charge in [0.15, 0.2) is 0 Å². The van der Waals surface area contributed by atoms with E-state index in [0.29, 0.717) is 29.4 Å². The van der Waals surface area contributed by atoms with Crippen LogP contribution in [0.15, 0.2) is 18.2 Å². The third-order valence-electron chi connectivity index (χ3n) is 2.47. The fraction of sp³-hybridized carbons (Fsp3) is 0.417. The average Bonchev–Trinajstić information content (AvgIpc) is 2.32. The van der Waals surface area contributed by atoms with Crippen molar-refractivity contribution in [1.29, 1.82) is 0 Å². The number of rotatable bonds is 7. The van der Waals surface area contributed by atoms with Crippen molar-refractivity contribution in [3.63, 3.8) is 0 Å². The molecule has 0 aliphatic carbocycles. The van der Waals surface area contributed by atoms with Crippen molar-refractivity contribution in [2.45, 2.75) is 12.2 Å². The van der Waals surface area contributed by atoms with Crippen molar-refractivity contribution >= 4 is 22.4 Å². The Kier molecular flexibility index (Phi) is 5.80. The highest BCUT2D eigenvalue weighted by molar-refractivity contribution is 7.84. The summed E-state index contributed by atoms with van der Waals surface area (Å²) < 4.78 is 16.7. The van der Waals surface area contributed by atoms with E-state index >= 15 is 0 Å². The largest absolute Gasteiger partial charge is 0.398 e. The normalized spacial score (nSPS) is 12.3. The molecule has 0 aliphatic heterocycles. The van der Waals surface area contributed by atoms with Gasteiger partial charge in [-0.2, -0.15) is 0 Å². The molecule has 4 N–H and O–H groups in total. The Hall–Kier alpha value is -1.40. The van der Waals surface area contributed by atoms with E-state index in [1.807, 2.05) is 0 Å². The molecule has 1 amide bonds. The van der Waals surface area contributed by atoms with E-state index < -0.39 is 16.7 Å². The molecule has 0 spiro atoms. The minimum atomic E-state index is -0.976. The average molecular weight is 270 g/mol. The minimum Gasteiger partial charge on any atom is -0.398 e. The first kappa shape index (κ1) is 14.7. The molecule has 0 radical (unpaired) electrons. The zero-order chi connectivity index (χ0) is 13.5. The second kappa shape index (κ2) is 7.13. The van der Waals surface area contributed by atoms with Gasteiger partial charge in [-0.15, -0.1) is 0 Å². The first-order valence-corrected chi connectivity index (χ1v) is 7.05. The van der Waals surface area contributed by atoms with Crippen molar-refractivity contribution < 1.29 is 13.7 Å². The molecule has 0 bridgehead atoms. The van der Waals surface area contributed by atoms with Gasteiger partial charge in [-0.3, -0.25) is 9.00 Å². The lowest BCUT2D eigenvalue weighted by Crippen LogP contribution is -2.12. The predicted molar refractivity (Wildman–Crippen MR) is 72.6 cm³/mol. The van der Waals surface area contributed by atoms with Gasteiger partial charge < -0.3 is 16.2 Å². The molecule has 0 heterocycles. The van der Waals surface area contributed by atoms with Crippen LogP contribution in [0.5, 0.6) is 0 Å². The first-order valence-electron chi connectivity index (χ1n) is 5.56. The molecule has 6 heteroatoms. The molecular formula is C12H18N2O3S. The number of benzene rings is 1. The Morgan fingerprint density at radius 2 is 2.17 bits per heavy atom. The smallest absolute Gasteiger partial charge is 0.248 e. The Morgan fingerprint density at radius 1 is 1.44 bits per heavy atom. The lowest BCUT2D eigenvalue weighted by Gasteiger charge is -2.07. The molecule has 1 aromatic rings. The number of carbonyl (C=O) groups excluding carboxylic acids is 1. The number of hydrogen-bond acceptors (Lipinski definition) is 4. The summed E-state index contributed by atoms with van der Waals surface area (Å²) in [5, 5.41) is 0. The maximum Gasteiger partial charge on any atom is 0.248 e. The summed E-state index contributed by atoms with van der Waals surface area (Å²) in [5.41, 5.74) is 12.5. The summed E-state index contributed by atoms with van der Waals surface area (Å²) in [5.74, 6) is 0.439. The molecule has 0 saturated heterocycles. The molecule has 0 aromatic heterocycles. The summed E-state index contributed by atoms with van der Waals surface area (Å²) in [6.45, 7) is 0.599. The fourth-order valence-electron chi connectivity index (χ4n) is 1.49. The molecule has 100 valence electrons. The van der Waals surface area contributed by atoms with E-state index in [1.54, 1.807) is 19.2 Å². The van der Waals surface area contributed by atoms with E-state index in [2.05, 4.69) is 0 Å². The van der Waals surface area contributed by atoms with Crippen molar-refractivity contribution in [3.05, 3.63) is 29.3 Å². The molecule has 0 fully saturated rings. The zero-order valence-electron chi connectivity index (χ0n) is 10.3. The Bertz CT molecular complexity index is 449. The van der Waals surface area contributed by atoms with E-state index in [9.17, 15) is 9.00 Å². The highest BCUT2D eigenvalue weighted by atomic mass is 32.2. The molecule has 1 aromatic carbocycles. The van der Waals surface area contributed by atoms with Crippen LogP contribution >= 0.6 is 0 Å². The molecule has 18 heavy (non-hydrogen) atoms. The van der Waals surface area contributed by atoms with Gasteiger partial charge in [0.2, 0.25) is 5.91 Å². The van der Waals surface area contributed by atoms with E-state index in [4.69, 9.17) is 16.2 Å². The molecule has 1 atom stereocenters. The monoisotopic (exact) mass is 270 g/mol. The van der Waals surface area contributed by atoms with Crippen molar-refractivity contribution in [2.24, 2.45) is 5.73 Å². The fourth-order valence-corrected chi connectivity index (χ4v) is 2.68. The van der Waals surface area contributed by atoms with Crippen LogP contribution in [0.2, 0.25) is 0 Å². The Labute approximate surface area is 109 Å². The summed E-state index contributed by atoms with van der Waals surface area (Å²) in [6.07, 6.45) is 0.752. The highest BCUT2D eigenvalue weighted by Crippen LogP contribution is 2.16. The third-order valence-corrected chi connectivity index (χ3v) is 3.84. The van der Waals surface area contributed by atoms with Crippen molar-refractivity contribution in [2.75, 3.05) is 25.2 Å². The highest BCUT2D eigenvalue weighted by Gasteiger charge is 2.08. The van der Waals surface area contributed by atoms with Crippen LogP contribution < -0.4 is 11.5 Å². The van der Waals surface area contributed by atoms with Gasteiger partial charge in [-0.25, -0.2) is 0 Å². The number of nitrogens with two attached hydrogens (primary N) is 2. The van der Waals surface area contributed by atoms with Crippen LogP contribution in [0.25, 0.3) is 0 Å². The molecule has 1 rings (SSSR count). The standard InChI is InChI=1S/C12H18N2O3S/c1-17-5-2-6-18(16)8-10-4-3-9(12(14)15)7-11(10)13/h3-4,7H,2,5-6,8,13H2,1H3,(H2,14,15). The summed E-state index contributed by atoms with van der Waals surface area (Å²) in [4.78, 5) is 11.0. The van der Waals surface area contributed by atoms with Crippen molar-refractivity contribution in [1.82, 2.24) is 0 Å². The van der Waals surface area contributed by atoms with E-state index in [0.717, 1.165) is 12.0 Å². The van der Waals surface area contributed by atoms with Gasteiger partial charge in [-0.1, -0.05) is 6.07 Å². The van der Waals surface area contributed by atoms with Crippen LogP contribution in [0.4, 0.5) is 5.69 Å². The van der Waals surface area contributed by atoms with Crippen molar-refractivity contribution in [3.8, 4) is 0 Å². The SMILES string of the molecule is COCCCS(=O)Cc1ccc(C(N)=O)cc1N. The van der Waals surface area contributed by atoms with E-state index in [-0.39, 0.29) is 0 Å². The van der Waals surface area contributed by atoms with Gasteiger partial charge in [0.05, 0.1) is 5.75 Å². The van der Waals surface area contributed by atoms with Crippen LogP contribution in [0.1, 0.15) is 22.3 Å². The molecule has 5 nitrogen and oxygen atoms in total. The van der Waals surface area contributed by atoms with Gasteiger partial charge in [0.25, 0.3) is 0 Å². The van der Waals surface area contributed by atoms with Crippen LogP contribution in [0, 0.1) is 0 Å². The molecular weight excluding hydrogens is 252 g/mol. The lowest BCUT2D eigenvalue weighted by molar-refractivity contribution is 0.100. The van der Waals surface area contributed by atoms with Gasteiger partial charge in [-0.05, 0) is 24.1 Å². The number of hydrogen-bond donors (Lipinski definition) is 2. The molecule has 0 aliphatic rings. The zero-order valence-corrected chi connectivity index (χ0v) is 11.2. The van der Waals surface area contributed by atoms with Crippen LogP contribution in [0.3, 0.4) is 0 Å². The second-order valence-electron chi connectivity index (χ2n) is 3.91.